The summed E-state index contributed by atoms with van der Waals surface area (Å²) in [7, 11) is 2.90. The van der Waals surface area contributed by atoms with Crippen LogP contribution < -0.4 is 15.2 Å². The number of hydrogen-bond donors (Lipinski definition) is 5. The number of nitrogens with two attached hydrogens (primary N) is 1. The van der Waals surface area contributed by atoms with Gasteiger partial charge in [0.1, 0.15) is 11.6 Å². The Balaban J connectivity index is 1.49. The van der Waals surface area contributed by atoms with Crippen molar-refractivity contribution in [3.8, 4) is 28.7 Å². The Labute approximate surface area is 245 Å². The van der Waals surface area contributed by atoms with E-state index in [1.54, 1.807) is 30.5 Å². The second-order valence-electron chi connectivity index (χ2n) is 11.6. The lowest BCUT2D eigenvalue weighted by Crippen LogP contribution is -2.51. The fourth-order valence-corrected chi connectivity index (χ4v) is 7.54. The molecule has 0 saturated heterocycles. The van der Waals surface area contributed by atoms with Gasteiger partial charge in [0.05, 0.1) is 26.2 Å². The summed E-state index contributed by atoms with van der Waals surface area (Å²) in [5.74, 6) is -0.101. The van der Waals surface area contributed by atoms with Crippen molar-refractivity contribution in [1.29, 1.82) is 0 Å². The number of aliphatic hydroxyl groups excluding tert-OH is 1. The van der Waals surface area contributed by atoms with Gasteiger partial charge in [0.25, 0.3) is 0 Å². The molecule has 2 aliphatic rings. The van der Waals surface area contributed by atoms with Crippen molar-refractivity contribution >= 4 is 11.6 Å². The van der Waals surface area contributed by atoms with E-state index in [1.807, 2.05) is 6.07 Å². The largest absolute Gasteiger partial charge is 0.504 e. The Morgan fingerprint density at radius 2 is 1.79 bits per heavy atom. The summed E-state index contributed by atoms with van der Waals surface area (Å²) in [6, 6.07) is 10.2. The molecule has 9 nitrogen and oxygen atoms in total. The van der Waals surface area contributed by atoms with Gasteiger partial charge >= 0.3 is 0 Å². The number of hydrogen-bond acceptors (Lipinski definition) is 9. The first-order valence-corrected chi connectivity index (χ1v) is 14.6. The molecule has 0 amide bonds. The number of aromatic nitrogens is 1. The number of aliphatic hydroxyl groups is 1. The molecule has 9 heteroatoms. The Morgan fingerprint density at radius 3 is 2.55 bits per heavy atom. The van der Waals surface area contributed by atoms with E-state index in [2.05, 4.69) is 4.98 Å². The minimum Gasteiger partial charge on any atom is -0.504 e. The summed E-state index contributed by atoms with van der Waals surface area (Å²) >= 11 is 0. The van der Waals surface area contributed by atoms with Crippen molar-refractivity contribution in [1.82, 2.24) is 4.98 Å². The van der Waals surface area contributed by atoms with Crippen LogP contribution in [0.5, 0.6) is 28.7 Å². The zero-order chi connectivity index (χ0) is 30.0. The Morgan fingerprint density at radius 1 is 1.02 bits per heavy atom. The van der Waals surface area contributed by atoms with Gasteiger partial charge < -0.3 is 35.6 Å². The number of rotatable bonds is 11. The first kappa shape index (κ1) is 29.5. The van der Waals surface area contributed by atoms with Gasteiger partial charge in [-0.3, -0.25) is 4.79 Å². The van der Waals surface area contributed by atoms with E-state index < -0.39 is 17.4 Å². The summed E-state index contributed by atoms with van der Waals surface area (Å²) < 4.78 is 10.4. The fraction of sp³-hybridized carbons (Fsp3) is 0.455. The molecule has 4 atom stereocenters. The van der Waals surface area contributed by atoms with Crippen LogP contribution in [0.15, 0.2) is 42.6 Å². The summed E-state index contributed by atoms with van der Waals surface area (Å²) in [4.78, 5) is 18.7. The first-order chi connectivity index (χ1) is 20.2. The van der Waals surface area contributed by atoms with Gasteiger partial charge in [-0.05, 0) is 103 Å². The minimum absolute atomic E-state index is 0.0458. The number of aryl methyl sites for hydroxylation is 2. The monoisotopic (exact) mass is 576 g/mol. The number of carbonyl (C=O) groups excluding carboxylic acids is 1. The van der Waals surface area contributed by atoms with Crippen molar-refractivity contribution in [3.05, 3.63) is 64.8 Å². The van der Waals surface area contributed by atoms with Gasteiger partial charge in [-0.1, -0.05) is 12.5 Å². The highest BCUT2D eigenvalue weighted by atomic mass is 16.5. The van der Waals surface area contributed by atoms with Gasteiger partial charge in [0, 0.05) is 18.0 Å². The van der Waals surface area contributed by atoms with Crippen molar-refractivity contribution in [3.63, 3.8) is 0 Å². The third-order valence-electron chi connectivity index (χ3n) is 9.46. The SMILES string of the molecule is COc1cc(CC[C@@H](O)[C@H](C(=O)CCc2cc(O)c(O)c(OC)c2)[C@]23CCC[C@H]2CCc2c3ccnc2N)ccc1O. The van der Waals surface area contributed by atoms with Gasteiger partial charge in [0.2, 0.25) is 5.75 Å². The predicted molar refractivity (Wildman–Crippen MR) is 158 cm³/mol. The highest BCUT2D eigenvalue weighted by Crippen LogP contribution is 2.58. The van der Waals surface area contributed by atoms with E-state index >= 15 is 0 Å². The number of phenolic OH excluding ortho intramolecular Hbond substituents is 3. The van der Waals surface area contributed by atoms with E-state index in [-0.39, 0.29) is 41.1 Å². The van der Waals surface area contributed by atoms with E-state index in [9.17, 15) is 25.2 Å². The molecular formula is C33H40N2O7. The molecule has 5 rings (SSSR count). The molecule has 0 bridgehead atoms. The smallest absolute Gasteiger partial charge is 0.200 e. The van der Waals surface area contributed by atoms with Gasteiger partial charge in [-0.2, -0.15) is 0 Å². The molecule has 6 N–H and O–H groups in total. The molecule has 1 heterocycles. The molecule has 0 spiro atoms. The maximum absolute atomic E-state index is 14.3. The van der Waals surface area contributed by atoms with E-state index in [0.717, 1.165) is 48.8 Å². The Kier molecular flexibility index (Phi) is 8.50. The van der Waals surface area contributed by atoms with Crippen molar-refractivity contribution in [2.75, 3.05) is 20.0 Å². The lowest BCUT2D eigenvalue weighted by Gasteiger charge is -2.48. The zero-order valence-corrected chi connectivity index (χ0v) is 24.2. The van der Waals surface area contributed by atoms with E-state index in [1.165, 1.54) is 20.3 Å². The first-order valence-electron chi connectivity index (χ1n) is 14.6. The highest BCUT2D eigenvalue weighted by molar-refractivity contribution is 5.84. The third-order valence-corrected chi connectivity index (χ3v) is 9.46. The molecule has 2 aliphatic carbocycles. The predicted octanol–water partition coefficient (Wildman–Crippen LogP) is 4.59. The zero-order valence-electron chi connectivity index (χ0n) is 24.2. The molecule has 1 fully saturated rings. The minimum atomic E-state index is -0.930. The topological polar surface area (TPSA) is 155 Å². The lowest BCUT2D eigenvalue weighted by molar-refractivity contribution is -0.131. The number of ketones is 1. The normalized spacial score (nSPS) is 20.8. The molecule has 1 aromatic heterocycles. The molecule has 0 radical (unpaired) electrons. The van der Waals surface area contributed by atoms with E-state index in [4.69, 9.17) is 15.2 Å². The van der Waals surface area contributed by atoms with Crippen LogP contribution in [0.25, 0.3) is 0 Å². The average molecular weight is 577 g/mol. The number of Topliss-reactive ketones (excluding diaryl/α,β-unsaturated/α-hetero) is 1. The molecule has 0 unspecified atom stereocenters. The maximum Gasteiger partial charge on any atom is 0.200 e. The summed E-state index contributed by atoms with van der Waals surface area (Å²) in [5.41, 5.74) is 9.36. The quantitative estimate of drug-likeness (QED) is 0.206. The number of aromatic hydroxyl groups is 3. The van der Waals surface area contributed by atoms with Crippen LogP contribution in [0.2, 0.25) is 0 Å². The molecule has 3 aromatic rings. The maximum atomic E-state index is 14.3. The second-order valence-corrected chi connectivity index (χ2v) is 11.6. The second kappa shape index (κ2) is 12.1. The van der Waals surface area contributed by atoms with Crippen LogP contribution >= 0.6 is 0 Å². The summed E-state index contributed by atoms with van der Waals surface area (Å²) in [6.45, 7) is 0. The summed E-state index contributed by atoms with van der Waals surface area (Å²) in [5, 5.41) is 42.1. The molecular weight excluding hydrogens is 536 g/mol. The molecule has 42 heavy (non-hydrogen) atoms. The van der Waals surface area contributed by atoms with Gasteiger partial charge in [-0.25, -0.2) is 4.98 Å². The van der Waals surface area contributed by atoms with Gasteiger partial charge in [-0.15, -0.1) is 0 Å². The number of anilines is 1. The van der Waals surface area contributed by atoms with Crippen molar-refractivity contribution < 1.29 is 34.7 Å². The van der Waals surface area contributed by atoms with Crippen LogP contribution in [0, 0.1) is 11.8 Å². The van der Waals surface area contributed by atoms with Crippen LogP contribution in [0.1, 0.15) is 60.8 Å². The number of pyridine rings is 1. The van der Waals surface area contributed by atoms with Crippen molar-refractivity contribution in [2.45, 2.75) is 69.3 Å². The van der Waals surface area contributed by atoms with Crippen LogP contribution in [-0.4, -0.2) is 51.5 Å². The number of phenols is 3. The number of benzene rings is 2. The standard InChI is InChI=1S/C33H40N2O7/c1-41-28-17-19(5-10-24(28)36)6-11-25(37)30(26(38)12-7-20-16-27(39)31(40)29(18-20)42-2)33-14-3-4-21(33)8-9-22-23(33)13-15-35-32(22)34/h5,10,13,15-18,21,25,30,36-37,39-40H,3-4,6-9,11-12,14H2,1-2H3,(H2,34,35)/t21-,25+,30+,33+/m0/s1. The number of methoxy groups -OCH3 is 2. The average Bonchev–Trinajstić information content (AvgIpc) is 3.42. The number of carbonyl (C=O) groups is 1. The van der Waals surface area contributed by atoms with Gasteiger partial charge in [0.15, 0.2) is 23.0 Å². The summed E-state index contributed by atoms with van der Waals surface area (Å²) in [6.07, 6.45) is 6.49. The van der Waals surface area contributed by atoms with Crippen LogP contribution in [-0.2, 0) is 29.5 Å². The van der Waals surface area contributed by atoms with Crippen molar-refractivity contribution in [2.24, 2.45) is 11.8 Å². The number of nitrogen functional groups attached to an aromatic ring is 1. The molecule has 0 aliphatic heterocycles. The number of fused-ring (bicyclic) bond motifs is 3. The highest BCUT2D eigenvalue weighted by Gasteiger charge is 2.56. The van der Waals surface area contributed by atoms with Crippen LogP contribution in [0.4, 0.5) is 5.82 Å². The Bertz CT molecular complexity index is 1460. The Hall–Kier alpha value is -3.98. The fourth-order valence-electron chi connectivity index (χ4n) is 7.54. The number of nitrogens with zero attached hydrogens (tertiary/aromatic N) is 1. The molecule has 1 saturated carbocycles. The number of ether oxygens (including phenoxy) is 2. The third kappa shape index (κ3) is 5.33. The lowest BCUT2D eigenvalue weighted by atomic mass is 9.56. The molecule has 224 valence electrons. The molecule has 2 aromatic carbocycles. The van der Waals surface area contributed by atoms with Crippen LogP contribution in [0.3, 0.4) is 0 Å². The van der Waals surface area contributed by atoms with E-state index in [0.29, 0.717) is 36.4 Å².